The van der Waals surface area contributed by atoms with Crippen LogP contribution in [-0.4, -0.2) is 24.8 Å². The second-order valence-electron chi connectivity index (χ2n) is 5.39. The Kier molecular flexibility index (Phi) is 8.45. The third-order valence-electron chi connectivity index (χ3n) is 3.57. The van der Waals surface area contributed by atoms with Crippen LogP contribution in [-0.2, 0) is 17.0 Å². The number of amides is 1. The third kappa shape index (κ3) is 6.81. The second kappa shape index (κ2) is 10.6. The highest BCUT2D eigenvalue weighted by molar-refractivity contribution is 7.99. The van der Waals surface area contributed by atoms with E-state index in [9.17, 15) is 4.79 Å². The number of rotatable bonds is 9. The molecular weight excluding hydrogens is 377 g/mol. The predicted molar refractivity (Wildman–Crippen MR) is 107 cm³/mol. The largest absolute Gasteiger partial charge is 0.492 e. The molecule has 2 aromatic carbocycles. The van der Waals surface area contributed by atoms with Gasteiger partial charge in [-0.2, -0.15) is 0 Å². The standard InChI is InChI=1S/C19H21Cl2NO2S/c1-2-14-6-8-15(9-7-14)24-11-10-22-19(23)13-25-12-16-17(20)4-3-5-18(16)21/h3-9H,2,10-13H2,1H3,(H,22,23). The molecule has 0 radical (unpaired) electrons. The van der Waals surface area contributed by atoms with E-state index in [2.05, 4.69) is 12.2 Å². The average molecular weight is 398 g/mol. The van der Waals surface area contributed by atoms with Crippen molar-refractivity contribution >= 4 is 40.9 Å². The first kappa shape index (κ1) is 20.0. The molecule has 0 aromatic heterocycles. The molecule has 0 aliphatic heterocycles. The van der Waals surface area contributed by atoms with E-state index in [1.165, 1.54) is 17.3 Å². The van der Waals surface area contributed by atoms with Crippen LogP contribution in [0.3, 0.4) is 0 Å². The maximum absolute atomic E-state index is 11.8. The number of carbonyl (C=O) groups excluding carboxylic acids is 1. The molecule has 0 saturated heterocycles. The van der Waals surface area contributed by atoms with E-state index in [1.807, 2.05) is 24.3 Å². The lowest BCUT2D eigenvalue weighted by Gasteiger charge is -2.09. The first-order chi connectivity index (χ1) is 12.1. The van der Waals surface area contributed by atoms with Crippen molar-refractivity contribution in [1.82, 2.24) is 5.32 Å². The van der Waals surface area contributed by atoms with Crippen molar-refractivity contribution in [3.63, 3.8) is 0 Å². The molecule has 0 spiro atoms. The molecule has 0 saturated carbocycles. The summed E-state index contributed by atoms with van der Waals surface area (Å²) in [7, 11) is 0. The summed E-state index contributed by atoms with van der Waals surface area (Å²) >= 11 is 13.7. The Hall–Kier alpha value is -1.36. The van der Waals surface area contributed by atoms with Gasteiger partial charge in [0.05, 0.1) is 12.3 Å². The van der Waals surface area contributed by atoms with E-state index < -0.39 is 0 Å². The van der Waals surface area contributed by atoms with Crippen molar-refractivity contribution in [1.29, 1.82) is 0 Å². The van der Waals surface area contributed by atoms with Crippen LogP contribution in [0.25, 0.3) is 0 Å². The summed E-state index contributed by atoms with van der Waals surface area (Å²) in [6.07, 6.45) is 1.01. The van der Waals surface area contributed by atoms with Gasteiger partial charge in [-0.05, 0) is 41.8 Å². The molecular formula is C19H21Cl2NO2S. The zero-order valence-corrected chi connectivity index (χ0v) is 16.4. The highest BCUT2D eigenvalue weighted by Crippen LogP contribution is 2.28. The lowest BCUT2D eigenvalue weighted by molar-refractivity contribution is -0.118. The van der Waals surface area contributed by atoms with E-state index in [0.29, 0.717) is 34.7 Å². The highest BCUT2D eigenvalue weighted by Gasteiger charge is 2.07. The predicted octanol–water partition coefficient (Wildman–Crippen LogP) is 4.98. The van der Waals surface area contributed by atoms with Crippen molar-refractivity contribution in [3.05, 3.63) is 63.6 Å². The summed E-state index contributed by atoms with van der Waals surface area (Å²) in [4.78, 5) is 11.8. The third-order valence-corrected chi connectivity index (χ3v) is 5.23. The fourth-order valence-electron chi connectivity index (χ4n) is 2.15. The molecule has 3 nitrogen and oxygen atoms in total. The SMILES string of the molecule is CCc1ccc(OCCNC(=O)CSCc2c(Cl)cccc2Cl)cc1. The molecule has 1 amide bonds. The fourth-order valence-corrected chi connectivity index (χ4v) is 3.74. The number of nitrogens with one attached hydrogen (secondary N) is 1. The second-order valence-corrected chi connectivity index (χ2v) is 7.19. The zero-order valence-electron chi connectivity index (χ0n) is 14.1. The Morgan fingerprint density at radius 3 is 2.44 bits per heavy atom. The van der Waals surface area contributed by atoms with Gasteiger partial charge in [-0.15, -0.1) is 11.8 Å². The molecule has 6 heteroatoms. The van der Waals surface area contributed by atoms with Gasteiger partial charge in [0, 0.05) is 15.8 Å². The number of hydrogen-bond donors (Lipinski definition) is 1. The molecule has 25 heavy (non-hydrogen) atoms. The van der Waals surface area contributed by atoms with Crippen LogP contribution in [0.1, 0.15) is 18.1 Å². The van der Waals surface area contributed by atoms with E-state index in [0.717, 1.165) is 17.7 Å². The van der Waals surface area contributed by atoms with Crippen LogP contribution in [0, 0.1) is 0 Å². The number of hydrogen-bond acceptors (Lipinski definition) is 3. The van der Waals surface area contributed by atoms with Crippen LogP contribution in [0.15, 0.2) is 42.5 Å². The van der Waals surface area contributed by atoms with Crippen LogP contribution in [0.2, 0.25) is 10.0 Å². The first-order valence-electron chi connectivity index (χ1n) is 8.09. The van der Waals surface area contributed by atoms with Crippen molar-refractivity contribution in [2.45, 2.75) is 19.1 Å². The molecule has 0 fully saturated rings. The summed E-state index contributed by atoms with van der Waals surface area (Å²) in [5, 5.41) is 4.10. The van der Waals surface area contributed by atoms with Crippen LogP contribution < -0.4 is 10.1 Å². The van der Waals surface area contributed by atoms with Gasteiger partial charge in [-0.1, -0.05) is 48.3 Å². The van der Waals surface area contributed by atoms with Gasteiger partial charge in [0.1, 0.15) is 12.4 Å². The van der Waals surface area contributed by atoms with Crippen LogP contribution >= 0.6 is 35.0 Å². The topological polar surface area (TPSA) is 38.3 Å². The summed E-state index contributed by atoms with van der Waals surface area (Å²) in [6.45, 7) is 3.03. The van der Waals surface area contributed by atoms with Gasteiger partial charge < -0.3 is 10.1 Å². The van der Waals surface area contributed by atoms with Gasteiger partial charge >= 0.3 is 0 Å². The Bertz CT molecular complexity index is 672. The number of halogens is 2. The molecule has 0 aliphatic carbocycles. The summed E-state index contributed by atoms with van der Waals surface area (Å²) in [6, 6.07) is 13.4. The minimum atomic E-state index is -0.0295. The lowest BCUT2D eigenvalue weighted by atomic mass is 10.2. The first-order valence-corrected chi connectivity index (χ1v) is 10.00. The Morgan fingerprint density at radius 1 is 1.12 bits per heavy atom. The highest BCUT2D eigenvalue weighted by atomic mass is 35.5. The molecule has 2 aromatic rings. The Labute approximate surface area is 163 Å². The molecule has 0 heterocycles. The number of carbonyl (C=O) groups is 1. The van der Waals surface area contributed by atoms with Crippen LogP contribution in [0.5, 0.6) is 5.75 Å². The Balaban J connectivity index is 1.62. The van der Waals surface area contributed by atoms with Crippen molar-refractivity contribution in [2.75, 3.05) is 18.9 Å². The van der Waals surface area contributed by atoms with E-state index in [1.54, 1.807) is 18.2 Å². The quantitative estimate of drug-likeness (QED) is 0.605. The molecule has 0 aliphatic rings. The minimum absolute atomic E-state index is 0.0295. The Morgan fingerprint density at radius 2 is 1.80 bits per heavy atom. The smallest absolute Gasteiger partial charge is 0.230 e. The number of benzene rings is 2. The van der Waals surface area contributed by atoms with Crippen molar-refractivity contribution in [3.8, 4) is 5.75 Å². The maximum atomic E-state index is 11.8. The van der Waals surface area contributed by atoms with Gasteiger partial charge in [-0.25, -0.2) is 0 Å². The van der Waals surface area contributed by atoms with Gasteiger partial charge in [-0.3, -0.25) is 4.79 Å². The molecule has 0 bridgehead atoms. The van der Waals surface area contributed by atoms with E-state index in [-0.39, 0.29) is 5.91 Å². The fraction of sp³-hybridized carbons (Fsp3) is 0.316. The number of thioether (sulfide) groups is 1. The van der Waals surface area contributed by atoms with Crippen molar-refractivity contribution < 1.29 is 9.53 Å². The number of ether oxygens (including phenoxy) is 1. The maximum Gasteiger partial charge on any atom is 0.230 e. The summed E-state index contributed by atoms with van der Waals surface area (Å²) in [5.41, 5.74) is 2.14. The molecule has 1 N–H and O–H groups in total. The zero-order chi connectivity index (χ0) is 18.1. The average Bonchev–Trinajstić information content (AvgIpc) is 2.62. The van der Waals surface area contributed by atoms with E-state index >= 15 is 0 Å². The van der Waals surface area contributed by atoms with Gasteiger partial charge in [0.15, 0.2) is 0 Å². The summed E-state index contributed by atoms with van der Waals surface area (Å²) in [5.74, 6) is 1.74. The monoisotopic (exact) mass is 397 g/mol. The van der Waals surface area contributed by atoms with Gasteiger partial charge in [0.2, 0.25) is 5.91 Å². The molecule has 0 atom stereocenters. The molecule has 0 unspecified atom stereocenters. The van der Waals surface area contributed by atoms with E-state index in [4.69, 9.17) is 27.9 Å². The molecule has 2 rings (SSSR count). The molecule has 134 valence electrons. The normalized spacial score (nSPS) is 10.5. The van der Waals surface area contributed by atoms with Crippen molar-refractivity contribution in [2.24, 2.45) is 0 Å². The lowest BCUT2D eigenvalue weighted by Crippen LogP contribution is -2.29. The number of aryl methyl sites for hydroxylation is 1. The van der Waals surface area contributed by atoms with Gasteiger partial charge in [0.25, 0.3) is 0 Å². The summed E-state index contributed by atoms with van der Waals surface area (Å²) < 4.78 is 5.60. The van der Waals surface area contributed by atoms with Crippen LogP contribution in [0.4, 0.5) is 0 Å². The minimum Gasteiger partial charge on any atom is -0.492 e.